The molecule has 166 valence electrons. The molecule has 0 aromatic heterocycles. The Hall–Kier alpha value is -3.65. The second kappa shape index (κ2) is 9.23. The van der Waals surface area contributed by atoms with Crippen molar-refractivity contribution in [1.29, 1.82) is 5.41 Å². The van der Waals surface area contributed by atoms with Crippen LogP contribution in [-0.4, -0.2) is 42.1 Å². The van der Waals surface area contributed by atoms with Gasteiger partial charge >= 0.3 is 0 Å². The summed E-state index contributed by atoms with van der Waals surface area (Å²) in [6, 6.07) is 14.5. The van der Waals surface area contributed by atoms with E-state index in [9.17, 15) is 14.7 Å². The monoisotopic (exact) mass is 434 g/mol. The summed E-state index contributed by atoms with van der Waals surface area (Å²) in [5.74, 6) is 0.0472. The summed E-state index contributed by atoms with van der Waals surface area (Å²) in [5.41, 5.74) is 0.734. The number of rotatable bonds is 7. The molecule has 1 atom stereocenters. The van der Waals surface area contributed by atoms with Crippen LogP contribution < -0.4 is 21.5 Å². The van der Waals surface area contributed by atoms with Gasteiger partial charge in [-0.1, -0.05) is 43.3 Å². The van der Waals surface area contributed by atoms with Crippen molar-refractivity contribution in [3.8, 4) is 5.75 Å². The van der Waals surface area contributed by atoms with Gasteiger partial charge in [-0.2, -0.15) is 0 Å². The summed E-state index contributed by atoms with van der Waals surface area (Å²) < 4.78 is 5.33. The zero-order valence-corrected chi connectivity index (χ0v) is 17.9. The molecule has 4 N–H and O–H groups in total. The largest absolute Gasteiger partial charge is 0.505 e. The van der Waals surface area contributed by atoms with Crippen LogP contribution in [0.15, 0.2) is 58.1 Å². The Kier molecular flexibility index (Phi) is 6.23. The highest BCUT2D eigenvalue weighted by atomic mass is 16.5. The fourth-order valence-electron chi connectivity index (χ4n) is 3.86. The van der Waals surface area contributed by atoms with Crippen LogP contribution in [0.3, 0.4) is 0 Å². The van der Waals surface area contributed by atoms with Crippen LogP contribution >= 0.6 is 0 Å². The summed E-state index contributed by atoms with van der Waals surface area (Å²) >= 11 is 0. The van der Waals surface area contributed by atoms with Crippen LogP contribution in [0.25, 0.3) is 0 Å². The summed E-state index contributed by atoms with van der Waals surface area (Å²) in [6.45, 7) is 4.19. The molecule has 0 spiro atoms. The van der Waals surface area contributed by atoms with Gasteiger partial charge < -0.3 is 25.4 Å². The quantitative estimate of drug-likeness (QED) is 0.196. The third-order valence-electron chi connectivity index (χ3n) is 5.72. The Labute approximate surface area is 185 Å². The Balaban J connectivity index is 1.58. The second-order valence-corrected chi connectivity index (χ2v) is 7.70. The van der Waals surface area contributed by atoms with Crippen molar-refractivity contribution in [2.75, 3.05) is 36.9 Å². The molecule has 1 aliphatic rings. The molecule has 0 unspecified atom stereocenters. The highest BCUT2D eigenvalue weighted by Gasteiger charge is 2.25. The summed E-state index contributed by atoms with van der Waals surface area (Å²) in [5, 5.41) is 25.4. The number of para-hydroxylation sites is 1. The van der Waals surface area contributed by atoms with Crippen molar-refractivity contribution in [2.45, 2.75) is 19.4 Å². The molecule has 0 aliphatic carbocycles. The minimum Gasteiger partial charge on any atom is -0.505 e. The molecule has 0 saturated carbocycles. The molecule has 0 radical (unpaired) electrons. The van der Waals surface area contributed by atoms with Crippen molar-refractivity contribution in [3.63, 3.8) is 0 Å². The number of aromatic hydroxyl groups is 1. The molecule has 1 saturated heterocycles. The number of amidine groups is 1. The van der Waals surface area contributed by atoms with Crippen molar-refractivity contribution < 1.29 is 9.84 Å². The van der Waals surface area contributed by atoms with Crippen molar-refractivity contribution in [3.05, 3.63) is 80.1 Å². The molecule has 0 bridgehead atoms. The number of morpholine rings is 1. The number of ether oxygens (including phenoxy) is 1. The minimum absolute atomic E-state index is 0.120. The van der Waals surface area contributed by atoms with Crippen LogP contribution in [0.4, 0.5) is 17.1 Å². The smallest absolute Gasteiger partial charge is 0.253 e. The lowest BCUT2D eigenvalue weighted by Crippen LogP contribution is -2.40. The van der Waals surface area contributed by atoms with Crippen LogP contribution in [0, 0.1) is 5.41 Å². The van der Waals surface area contributed by atoms with Crippen LogP contribution in [0.2, 0.25) is 0 Å². The first kappa shape index (κ1) is 21.6. The van der Waals surface area contributed by atoms with E-state index in [0.717, 1.165) is 12.0 Å². The number of phenols is 1. The molecule has 1 fully saturated rings. The van der Waals surface area contributed by atoms with Gasteiger partial charge in [0.25, 0.3) is 10.9 Å². The molecule has 4 rings (SSSR count). The molecule has 8 nitrogen and oxygen atoms in total. The maximum absolute atomic E-state index is 12.3. The van der Waals surface area contributed by atoms with Crippen molar-refractivity contribution in [2.24, 2.45) is 0 Å². The summed E-state index contributed by atoms with van der Waals surface area (Å²) in [6.07, 6.45) is 0.722. The van der Waals surface area contributed by atoms with E-state index in [1.807, 2.05) is 42.2 Å². The average Bonchev–Trinajstić information content (AvgIpc) is 2.85. The number of anilines is 3. The Morgan fingerprint density at radius 3 is 2.44 bits per heavy atom. The molecule has 3 aromatic carbocycles. The molecule has 32 heavy (non-hydrogen) atoms. The van der Waals surface area contributed by atoms with Gasteiger partial charge in [-0.05, 0) is 24.1 Å². The van der Waals surface area contributed by atoms with E-state index in [-0.39, 0.29) is 34.7 Å². The lowest BCUT2D eigenvalue weighted by Gasteiger charge is -2.29. The van der Waals surface area contributed by atoms with E-state index in [0.29, 0.717) is 31.9 Å². The van der Waals surface area contributed by atoms with Gasteiger partial charge in [0.2, 0.25) is 0 Å². The zero-order chi connectivity index (χ0) is 22.7. The van der Waals surface area contributed by atoms with E-state index in [1.54, 1.807) is 18.2 Å². The second-order valence-electron chi connectivity index (χ2n) is 7.70. The highest BCUT2D eigenvalue weighted by Crippen LogP contribution is 2.33. The topological polar surface area (TPSA) is 115 Å². The van der Waals surface area contributed by atoms with Gasteiger partial charge in [0, 0.05) is 13.1 Å². The molecule has 1 heterocycles. The van der Waals surface area contributed by atoms with Gasteiger partial charge in [0.05, 0.1) is 30.5 Å². The van der Waals surface area contributed by atoms with Crippen molar-refractivity contribution >= 4 is 22.9 Å². The summed E-state index contributed by atoms with van der Waals surface area (Å²) in [4.78, 5) is 26.4. The summed E-state index contributed by atoms with van der Waals surface area (Å²) in [7, 11) is 0. The first-order chi connectivity index (χ1) is 15.5. The fraction of sp³-hybridized carbons (Fsp3) is 0.292. The lowest BCUT2D eigenvalue weighted by atomic mass is 10.0. The number of nitrogens with one attached hydrogen (secondary N) is 3. The first-order valence-corrected chi connectivity index (χ1v) is 10.7. The third-order valence-corrected chi connectivity index (χ3v) is 5.72. The number of phenolic OH excluding ortho intramolecular Hbond substituents is 1. The Bertz CT molecular complexity index is 1180. The Morgan fingerprint density at radius 2 is 1.75 bits per heavy atom. The van der Waals surface area contributed by atoms with E-state index in [1.165, 1.54) is 0 Å². The maximum atomic E-state index is 12.3. The minimum atomic E-state index is -0.636. The molecular formula is C24H26N4O4. The van der Waals surface area contributed by atoms with E-state index in [4.69, 9.17) is 10.1 Å². The van der Waals surface area contributed by atoms with Gasteiger partial charge in [0.1, 0.15) is 23.0 Å². The predicted molar refractivity (Wildman–Crippen MR) is 125 cm³/mol. The number of hydrogen-bond acceptors (Lipinski definition) is 7. The molecule has 8 heteroatoms. The maximum Gasteiger partial charge on any atom is 0.253 e. The van der Waals surface area contributed by atoms with Gasteiger partial charge in [-0.15, -0.1) is 0 Å². The predicted octanol–water partition coefficient (Wildman–Crippen LogP) is 2.95. The molecule has 1 aliphatic heterocycles. The van der Waals surface area contributed by atoms with Crippen LogP contribution in [-0.2, 0) is 4.74 Å². The van der Waals surface area contributed by atoms with E-state index in [2.05, 4.69) is 10.6 Å². The average molecular weight is 434 g/mol. The normalized spacial score (nSPS) is 14.8. The molecular weight excluding hydrogens is 408 g/mol. The highest BCUT2D eigenvalue weighted by molar-refractivity contribution is 6.01. The number of hydrogen-bond donors (Lipinski definition) is 4. The SMILES string of the molecule is CC[C@@H](Nc1c(Nc2cccc(C(=N)N3CCOCC3)c2O)c(=O)c1=O)c1ccccc1. The van der Waals surface area contributed by atoms with Gasteiger partial charge in [0.15, 0.2) is 0 Å². The van der Waals surface area contributed by atoms with Gasteiger partial charge in [-0.3, -0.25) is 15.0 Å². The Morgan fingerprint density at radius 1 is 1.06 bits per heavy atom. The first-order valence-electron chi connectivity index (χ1n) is 10.7. The van der Waals surface area contributed by atoms with Crippen molar-refractivity contribution in [1.82, 2.24) is 4.90 Å². The number of benzene rings is 2. The van der Waals surface area contributed by atoms with Crippen LogP contribution in [0.1, 0.15) is 30.5 Å². The zero-order valence-electron chi connectivity index (χ0n) is 17.9. The third kappa shape index (κ3) is 4.09. The molecule has 0 amide bonds. The standard InChI is InChI=1S/C24H26N4O4/c1-2-17(15-7-4-3-5-8-15)26-19-20(23(31)22(19)30)27-18-10-6-9-16(21(18)29)24(25)28-11-13-32-14-12-28/h3-10,17,25-27,29H,2,11-14H2,1H3/t17-/m1/s1. The fourth-order valence-corrected chi connectivity index (χ4v) is 3.86. The van der Waals surface area contributed by atoms with E-state index < -0.39 is 10.9 Å². The lowest BCUT2D eigenvalue weighted by molar-refractivity contribution is 0.0679. The van der Waals surface area contributed by atoms with E-state index >= 15 is 0 Å². The molecule has 3 aromatic rings. The van der Waals surface area contributed by atoms with Gasteiger partial charge in [-0.25, -0.2) is 0 Å². The van der Waals surface area contributed by atoms with Crippen LogP contribution in [0.5, 0.6) is 5.75 Å². The number of nitrogens with zero attached hydrogens (tertiary/aromatic N) is 1.